The molecule has 0 atom stereocenters. The molecular weight excluding hydrogens is 440 g/mol. The van der Waals surface area contributed by atoms with E-state index in [9.17, 15) is 18.0 Å². The van der Waals surface area contributed by atoms with Gasteiger partial charge in [-0.05, 0) is 35.9 Å². The van der Waals surface area contributed by atoms with Crippen LogP contribution in [-0.2, 0) is 37.1 Å². The van der Waals surface area contributed by atoms with Crippen LogP contribution in [0.5, 0.6) is 0 Å². The summed E-state index contributed by atoms with van der Waals surface area (Å²) in [5, 5.41) is 0. The van der Waals surface area contributed by atoms with E-state index in [2.05, 4.69) is 4.99 Å². The lowest BCUT2D eigenvalue weighted by atomic mass is 10.1. The maximum absolute atomic E-state index is 12.6. The Morgan fingerprint density at radius 1 is 1.10 bits per heavy atom. The third-order valence-corrected chi connectivity index (χ3v) is 6.72. The number of ether oxygens (including phenoxy) is 2. The van der Waals surface area contributed by atoms with Gasteiger partial charge in [0.05, 0.1) is 40.8 Å². The summed E-state index contributed by atoms with van der Waals surface area (Å²) in [6, 6.07) is 11.3. The molecule has 0 saturated carbocycles. The molecule has 8 nitrogen and oxygen atoms in total. The number of methoxy groups -OCH3 is 2. The Hall–Kier alpha value is -2.82. The monoisotopic (exact) mass is 462 g/mol. The van der Waals surface area contributed by atoms with Crippen molar-refractivity contribution in [1.29, 1.82) is 0 Å². The Morgan fingerprint density at radius 2 is 1.81 bits per heavy atom. The second-order valence-electron chi connectivity index (χ2n) is 6.80. The second-order valence-corrected chi connectivity index (χ2v) is 9.83. The Kier molecular flexibility index (Phi) is 7.04. The Labute approximate surface area is 183 Å². The summed E-state index contributed by atoms with van der Waals surface area (Å²) in [6.07, 6.45) is 1.17. The summed E-state index contributed by atoms with van der Waals surface area (Å²) in [5.74, 6) is -0.802. The fraction of sp³-hybridized carbons (Fsp3) is 0.286. The maximum Gasteiger partial charge on any atom is 0.337 e. The third kappa shape index (κ3) is 5.46. The van der Waals surface area contributed by atoms with E-state index in [1.165, 1.54) is 30.6 Å². The van der Waals surface area contributed by atoms with E-state index in [-0.39, 0.29) is 17.2 Å². The lowest BCUT2D eigenvalue weighted by Crippen LogP contribution is -2.19. The zero-order valence-corrected chi connectivity index (χ0v) is 19.0. The van der Waals surface area contributed by atoms with Gasteiger partial charge < -0.3 is 14.0 Å². The lowest BCUT2D eigenvalue weighted by Gasteiger charge is -2.05. The van der Waals surface area contributed by atoms with Gasteiger partial charge in [0.2, 0.25) is 0 Å². The number of hydrogen-bond donors (Lipinski definition) is 0. The van der Waals surface area contributed by atoms with Gasteiger partial charge in [-0.15, -0.1) is 0 Å². The van der Waals surface area contributed by atoms with Gasteiger partial charge in [-0.25, -0.2) is 13.2 Å². The van der Waals surface area contributed by atoms with Crippen LogP contribution in [0, 0.1) is 0 Å². The quantitative estimate of drug-likeness (QED) is 0.499. The van der Waals surface area contributed by atoms with Crippen molar-refractivity contribution in [2.75, 3.05) is 27.1 Å². The molecule has 0 aliphatic carbocycles. The smallest absolute Gasteiger partial charge is 0.337 e. The highest BCUT2D eigenvalue weighted by Gasteiger charge is 2.13. The van der Waals surface area contributed by atoms with Crippen molar-refractivity contribution in [3.8, 4) is 0 Å². The number of carbonyl (C=O) groups is 2. The molecular formula is C21H22N2O6S2. The van der Waals surface area contributed by atoms with Gasteiger partial charge >= 0.3 is 5.97 Å². The molecule has 31 heavy (non-hydrogen) atoms. The number of aromatic nitrogens is 1. The minimum absolute atomic E-state index is 0.0377. The van der Waals surface area contributed by atoms with Crippen molar-refractivity contribution in [3.05, 3.63) is 58.4 Å². The maximum atomic E-state index is 12.6. The second kappa shape index (κ2) is 9.54. The van der Waals surface area contributed by atoms with Gasteiger partial charge in [-0.1, -0.05) is 23.5 Å². The minimum atomic E-state index is -3.29. The number of rotatable bonds is 7. The normalized spacial score (nSPS) is 12.3. The number of sulfone groups is 1. The first-order valence-electron chi connectivity index (χ1n) is 9.30. The first-order chi connectivity index (χ1) is 14.7. The predicted molar refractivity (Wildman–Crippen MR) is 117 cm³/mol. The van der Waals surface area contributed by atoms with Gasteiger partial charge in [0.1, 0.15) is 0 Å². The largest absolute Gasteiger partial charge is 0.465 e. The molecule has 1 amide bonds. The minimum Gasteiger partial charge on any atom is -0.465 e. The van der Waals surface area contributed by atoms with Crippen LogP contribution in [0.3, 0.4) is 0 Å². The van der Waals surface area contributed by atoms with Crippen molar-refractivity contribution < 1.29 is 27.5 Å². The topological polar surface area (TPSA) is 104 Å². The Morgan fingerprint density at radius 3 is 2.42 bits per heavy atom. The van der Waals surface area contributed by atoms with E-state index >= 15 is 0 Å². The highest BCUT2D eigenvalue weighted by molar-refractivity contribution is 7.90. The van der Waals surface area contributed by atoms with Gasteiger partial charge in [-0.3, -0.25) is 4.79 Å². The van der Waals surface area contributed by atoms with Crippen molar-refractivity contribution in [2.24, 2.45) is 4.99 Å². The standard InChI is InChI=1S/C21H22N2O6S2/c1-28-11-10-23-17-9-6-15(20(25)29-2)13-18(17)30-21(23)22-19(24)12-14-4-7-16(8-5-14)31(3,26)27/h4-9,13H,10-12H2,1-3H3. The Bertz CT molecular complexity index is 1290. The molecule has 0 saturated heterocycles. The van der Waals surface area contributed by atoms with Gasteiger partial charge in [0.25, 0.3) is 5.91 Å². The van der Waals surface area contributed by atoms with Crippen LogP contribution in [0.4, 0.5) is 0 Å². The average molecular weight is 463 g/mol. The molecule has 3 aromatic rings. The van der Waals surface area contributed by atoms with Gasteiger partial charge in [-0.2, -0.15) is 4.99 Å². The average Bonchev–Trinajstić information content (AvgIpc) is 3.07. The van der Waals surface area contributed by atoms with Gasteiger partial charge in [0.15, 0.2) is 14.6 Å². The molecule has 164 valence electrons. The molecule has 0 fully saturated rings. The zero-order chi connectivity index (χ0) is 22.6. The third-order valence-electron chi connectivity index (χ3n) is 4.55. The highest BCUT2D eigenvalue weighted by Crippen LogP contribution is 2.20. The number of esters is 1. The number of nitrogens with zero attached hydrogens (tertiary/aromatic N) is 2. The number of thiazole rings is 1. The van der Waals surface area contributed by atoms with E-state index in [0.717, 1.165) is 16.5 Å². The molecule has 0 aliphatic heterocycles. The molecule has 0 bridgehead atoms. The summed E-state index contributed by atoms with van der Waals surface area (Å²) < 4.78 is 35.8. The summed E-state index contributed by atoms with van der Waals surface area (Å²) >= 11 is 1.29. The van der Waals surface area contributed by atoms with Crippen LogP contribution in [-0.4, -0.2) is 51.9 Å². The molecule has 1 aromatic heterocycles. The first-order valence-corrected chi connectivity index (χ1v) is 12.0. The Balaban J connectivity index is 1.95. The van der Waals surface area contributed by atoms with Crippen molar-refractivity contribution in [1.82, 2.24) is 4.57 Å². The molecule has 0 aliphatic rings. The number of hydrogen-bond acceptors (Lipinski definition) is 7. The van der Waals surface area contributed by atoms with Gasteiger partial charge in [0, 0.05) is 19.9 Å². The summed E-state index contributed by atoms with van der Waals surface area (Å²) in [5.41, 5.74) is 1.91. The van der Waals surface area contributed by atoms with Crippen LogP contribution >= 0.6 is 11.3 Å². The SMILES string of the molecule is COCCn1c(=NC(=O)Cc2ccc(S(C)(=O)=O)cc2)sc2cc(C(=O)OC)ccc21. The number of amides is 1. The molecule has 0 radical (unpaired) electrons. The van der Waals surface area contributed by atoms with Crippen LogP contribution < -0.4 is 4.80 Å². The molecule has 10 heteroatoms. The molecule has 3 rings (SSSR count). The van der Waals surface area contributed by atoms with Crippen molar-refractivity contribution in [3.63, 3.8) is 0 Å². The molecule has 0 spiro atoms. The number of fused-ring (bicyclic) bond motifs is 1. The van der Waals surface area contributed by atoms with Crippen molar-refractivity contribution >= 4 is 43.3 Å². The van der Waals surface area contributed by atoms with Crippen LogP contribution in [0.25, 0.3) is 10.2 Å². The van der Waals surface area contributed by atoms with E-state index in [4.69, 9.17) is 9.47 Å². The van der Waals surface area contributed by atoms with Crippen LogP contribution in [0.2, 0.25) is 0 Å². The van der Waals surface area contributed by atoms with Crippen LogP contribution in [0.1, 0.15) is 15.9 Å². The zero-order valence-electron chi connectivity index (χ0n) is 17.3. The number of benzene rings is 2. The van der Waals surface area contributed by atoms with E-state index in [1.54, 1.807) is 37.4 Å². The molecule has 2 aromatic carbocycles. The van der Waals surface area contributed by atoms with Crippen molar-refractivity contribution in [2.45, 2.75) is 17.9 Å². The number of carbonyl (C=O) groups excluding carboxylic acids is 2. The highest BCUT2D eigenvalue weighted by atomic mass is 32.2. The summed E-state index contributed by atoms with van der Waals surface area (Å²) in [6.45, 7) is 0.919. The molecule has 1 heterocycles. The fourth-order valence-corrected chi connectivity index (χ4v) is 4.72. The van der Waals surface area contributed by atoms with E-state index in [1.807, 2.05) is 4.57 Å². The molecule has 0 N–H and O–H groups in total. The lowest BCUT2D eigenvalue weighted by molar-refractivity contribution is -0.117. The van der Waals surface area contributed by atoms with E-state index in [0.29, 0.717) is 29.1 Å². The fourth-order valence-electron chi connectivity index (χ4n) is 2.98. The molecule has 0 unspecified atom stereocenters. The van der Waals surface area contributed by atoms with E-state index < -0.39 is 15.8 Å². The first kappa shape index (κ1) is 22.9. The predicted octanol–water partition coefficient (Wildman–Crippen LogP) is 2.21. The van der Waals surface area contributed by atoms with Crippen LogP contribution in [0.15, 0.2) is 52.4 Å². The summed E-state index contributed by atoms with van der Waals surface area (Å²) in [4.78, 5) is 29.4. The summed E-state index contributed by atoms with van der Waals surface area (Å²) in [7, 11) is -0.381.